The van der Waals surface area contributed by atoms with Crippen LogP contribution in [0.2, 0.25) is 0 Å². The van der Waals surface area contributed by atoms with Crippen molar-refractivity contribution in [1.29, 1.82) is 0 Å². The third kappa shape index (κ3) is 2.60. The summed E-state index contributed by atoms with van der Waals surface area (Å²) < 4.78 is 5.50. The van der Waals surface area contributed by atoms with Gasteiger partial charge in [0, 0.05) is 29.7 Å². The van der Waals surface area contributed by atoms with E-state index in [4.69, 9.17) is 9.63 Å². The van der Waals surface area contributed by atoms with Crippen LogP contribution in [0.3, 0.4) is 0 Å². The van der Waals surface area contributed by atoms with Crippen LogP contribution in [-0.2, 0) is 17.6 Å². The maximum atomic E-state index is 11.5. The van der Waals surface area contributed by atoms with Gasteiger partial charge in [-0.15, -0.1) is 0 Å². The van der Waals surface area contributed by atoms with Gasteiger partial charge in [-0.3, -0.25) is 4.79 Å². The number of carbonyl (C=O) groups excluding carboxylic acids is 1. The Morgan fingerprint density at radius 3 is 2.92 bits per heavy atom. The number of anilines is 1. The molecule has 2 amide bonds. The fourth-order valence-electron chi connectivity index (χ4n) is 3.69. The standard InChI is InChI=1S/C17H19N3O4/c21-15-9-12-13(18-15)4-2-11-14(19-24-16(11)12)3-1-10-5-7-20(8-6-10)17(22)23/h2,4,10H,1,3,5-9H2,(H,18,21)(H,22,23). The monoisotopic (exact) mass is 329 g/mol. The number of carbonyl (C=O) groups is 2. The summed E-state index contributed by atoms with van der Waals surface area (Å²) in [5.74, 6) is 0.505. The van der Waals surface area contributed by atoms with E-state index in [0.717, 1.165) is 48.0 Å². The van der Waals surface area contributed by atoms with Gasteiger partial charge in [0.2, 0.25) is 5.91 Å². The van der Waals surface area contributed by atoms with Crippen LogP contribution >= 0.6 is 0 Å². The van der Waals surface area contributed by atoms with E-state index in [1.165, 1.54) is 4.90 Å². The summed E-state index contributed by atoms with van der Waals surface area (Å²) in [5.41, 5.74) is 3.34. The number of carboxylic acid groups (broad SMARTS) is 1. The van der Waals surface area contributed by atoms with Crippen LogP contribution in [0.25, 0.3) is 11.0 Å². The van der Waals surface area contributed by atoms with Gasteiger partial charge >= 0.3 is 6.09 Å². The number of aryl methyl sites for hydroxylation is 1. The zero-order chi connectivity index (χ0) is 16.7. The van der Waals surface area contributed by atoms with E-state index in [2.05, 4.69) is 10.5 Å². The largest absolute Gasteiger partial charge is 0.465 e. The Balaban J connectivity index is 1.44. The first-order chi connectivity index (χ1) is 11.6. The van der Waals surface area contributed by atoms with E-state index in [-0.39, 0.29) is 5.91 Å². The average molecular weight is 329 g/mol. The summed E-state index contributed by atoms with van der Waals surface area (Å²) in [6, 6.07) is 3.87. The van der Waals surface area contributed by atoms with Gasteiger partial charge in [-0.05, 0) is 43.7 Å². The predicted molar refractivity (Wildman–Crippen MR) is 87.0 cm³/mol. The Bertz CT molecular complexity index is 806. The molecule has 0 saturated carbocycles. The molecule has 2 N–H and O–H groups in total. The summed E-state index contributed by atoms with van der Waals surface area (Å²) >= 11 is 0. The predicted octanol–water partition coefficient (Wildman–Crippen LogP) is 2.65. The van der Waals surface area contributed by atoms with Crippen LogP contribution in [-0.4, -0.2) is 40.3 Å². The lowest BCUT2D eigenvalue weighted by atomic mass is 9.91. The van der Waals surface area contributed by atoms with E-state index < -0.39 is 6.09 Å². The Kier molecular flexibility index (Phi) is 3.63. The molecule has 0 atom stereocenters. The van der Waals surface area contributed by atoms with E-state index in [1.807, 2.05) is 12.1 Å². The molecule has 1 saturated heterocycles. The number of piperidine rings is 1. The first-order valence-corrected chi connectivity index (χ1v) is 8.29. The second-order valence-corrected chi connectivity index (χ2v) is 6.57. The number of hydrogen-bond acceptors (Lipinski definition) is 4. The summed E-state index contributed by atoms with van der Waals surface area (Å²) in [7, 11) is 0. The second-order valence-electron chi connectivity index (χ2n) is 6.57. The van der Waals surface area contributed by atoms with Crippen molar-refractivity contribution in [1.82, 2.24) is 10.1 Å². The Morgan fingerprint density at radius 1 is 1.38 bits per heavy atom. The highest BCUT2D eigenvalue weighted by molar-refractivity contribution is 6.04. The highest BCUT2D eigenvalue weighted by atomic mass is 16.5. The first kappa shape index (κ1) is 15.0. The Labute approximate surface area is 138 Å². The normalized spacial score (nSPS) is 18.0. The van der Waals surface area contributed by atoms with Crippen LogP contribution in [0.15, 0.2) is 16.7 Å². The summed E-state index contributed by atoms with van der Waals surface area (Å²) in [6.45, 7) is 1.22. The maximum Gasteiger partial charge on any atom is 0.407 e. The second kappa shape index (κ2) is 5.81. The Morgan fingerprint density at radius 2 is 2.17 bits per heavy atom. The topological polar surface area (TPSA) is 95.7 Å². The van der Waals surface area contributed by atoms with E-state index in [1.54, 1.807) is 0 Å². The molecule has 0 aliphatic carbocycles. The molecule has 2 aliphatic heterocycles. The lowest BCUT2D eigenvalue weighted by Crippen LogP contribution is -2.37. The molecule has 7 nitrogen and oxygen atoms in total. The molecule has 7 heteroatoms. The molecule has 1 aromatic heterocycles. The minimum absolute atomic E-state index is 0.0133. The minimum Gasteiger partial charge on any atom is -0.465 e. The van der Waals surface area contributed by atoms with Crippen molar-refractivity contribution in [2.24, 2.45) is 5.92 Å². The van der Waals surface area contributed by atoms with Gasteiger partial charge in [-0.2, -0.15) is 0 Å². The minimum atomic E-state index is -0.826. The zero-order valence-electron chi connectivity index (χ0n) is 13.2. The third-order valence-corrected chi connectivity index (χ3v) is 5.10. The molecule has 0 unspecified atom stereocenters. The molecule has 0 spiro atoms. The number of nitrogens with one attached hydrogen (secondary N) is 1. The number of rotatable bonds is 3. The molecule has 2 aliphatic rings. The van der Waals surface area contributed by atoms with E-state index in [9.17, 15) is 9.59 Å². The molecular weight excluding hydrogens is 310 g/mol. The molecule has 0 radical (unpaired) electrons. The summed E-state index contributed by atoms with van der Waals surface area (Å²) in [4.78, 5) is 24.0. The number of fused-ring (bicyclic) bond motifs is 3. The van der Waals surface area contributed by atoms with Crippen molar-refractivity contribution in [3.63, 3.8) is 0 Å². The Hall–Kier alpha value is -2.57. The molecule has 1 aromatic carbocycles. The van der Waals surface area contributed by atoms with Gasteiger partial charge in [0.05, 0.1) is 12.1 Å². The van der Waals surface area contributed by atoms with Gasteiger partial charge in [0.15, 0.2) is 5.58 Å². The van der Waals surface area contributed by atoms with Crippen molar-refractivity contribution < 1.29 is 19.2 Å². The summed E-state index contributed by atoms with van der Waals surface area (Å²) in [5, 5.41) is 17.0. The van der Waals surface area contributed by atoms with Crippen molar-refractivity contribution >= 4 is 28.7 Å². The highest BCUT2D eigenvalue weighted by Gasteiger charge is 2.25. The van der Waals surface area contributed by atoms with E-state index >= 15 is 0 Å². The lowest BCUT2D eigenvalue weighted by Gasteiger charge is -2.29. The van der Waals surface area contributed by atoms with Gasteiger partial charge < -0.3 is 19.8 Å². The third-order valence-electron chi connectivity index (χ3n) is 5.10. The van der Waals surface area contributed by atoms with Crippen LogP contribution in [0.1, 0.15) is 30.5 Å². The fraction of sp³-hybridized carbons (Fsp3) is 0.471. The van der Waals surface area contributed by atoms with Crippen LogP contribution in [0.4, 0.5) is 10.5 Å². The van der Waals surface area contributed by atoms with Crippen molar-refractivity contribution in [3.8, 4) is 0 Å². The fourth-order valence-corrected chi connectivity index (χ4v) is 3.69. The molecule has 1 fully saturated rings. The molecule has 24 heavy (non-hydrogen) atoms. The molecule has 0 bridgehead atoms. The number of amides is 2. The SMILES string of the molecule is O=C1Cc2c(ccc3c(CCC4CCN(C(=O)O)CC4)noc23)N1. The van der Waals surface area contributed by atoms with Crippen LogP contribution < -0.4 is 5.32 Å². The van der Waals surface area contributed by atoms with Crippen molar-refractivity contribution in [2.75, 3.05) is 18.4 Å². The van der Waals surface area contributed by atoms with Crippen molar-refractivity contribution in [2.45, 2.75) is 32.1 Å². The van der Waals surface area contributed by atoms with Gasteiger partial charge in [0.1, 0.15) is 0 Å². The quantitative estimate of drug-likeness (QED) is 0.902. The van der Waals surface area contributed by atoms with E-state index in [0.29, 0.717) is 31.0 Å². The van der Waals surface area contributed by atoms with Gasteiger partial charge in [-0.1, -0.05) is 5.16 Å². The maximum absolute atomic E-state index is 11.5. The molecule has 126 valence electrons. The molecule has 2 aromatic rings. The molecule has 4 rings (SSSR count). The number of benzene rings is 1. The highest BCUT2D eigenvalue weighted by Crippen LogP contribution is 2.33. The first-order valence-electron chi connectivity index (χ1n) is 8.29. The lowest BCUT2D eigenvalue weighted by molar-refractivity contribution is -0.115. The number of aromatic nitrogens is 1. The number of likely N-dealkylation sites (tertiary alicyclic amines) is 1. The van der Waals surface area contributed by atoms with Gasteiger partial charge in [0.25, 0.3) is 0 Å². The molecular formula is C17H19N3O4. The number of nitrogens with zero attached hydrogens (tertiary/aromatic N) is 2. The zero-order valence-corrected chi connectivity index (χ0v) is 13.2. The van der Waals surface area contributed by atoms with Crippen LogP contribution in [0.5, 0.6) is 0 Å². The smallest absolute Gasteiger partial charge is 0.407 e. The van der Waals surface area contributed by atoms with Gasteiger partial charge in [-0.25, -0.2) is 4.79 Å². The summed E-state index contributed by atoms with van der Waals surface area (Å²) in [6.07, 6.45) is 3.10. The average Bonchev–Trinajstić information content (AvgIpc) is 3.15. The van der Waals surface area contributed by atoms with Crippen LogP contribution in [0, 0.1) is 5.92 Å². The molecule has 3 heterocycles. The van der Waals surface area contributed by atoms with Crippen molar-refractivity contribution in [3.05, 3.63) is 23.4 Å². The number of hydrogen-bond donors (Lipinski definition) is 2.